The number of halogens is 1. The number of nitrogens with two attached hydrogens (primary N) is 1. The molecule has 1 heterocycles. The third kappa shape index (κ3) is 2.22. The summed E-state index contributed by atoms with van der Waals surface area (Å²) in [5.41, 5.74) is 7.10. The van der Waals surface area contributed by atoms with Crippen LogP contribution in [0.15, 0.2) is 12.1 Å². The minimum atomic E-state index is -0.0750. The molecule has 3 rings (SSSR count). The van der Waals surface area contributed by atoms with E-state index >= 15 is 0 Å². The molecule has 1 saturated carbocycles. The van der Waals surface area contributed by atoms with Crippen LogP contribution in [0.3, 0.4) is 0 Å². The van der Waals surface area contributed by atoms with Crippen molar-refractivity contribution in [3.63, 3.8) is 0 Å². The second-order valence-electron chi connectivity index (χ2n) is 4.94. The van der Waals surface area contributed by atoms with Gasteiger partial charge in [-0.2, -0.15) is 0 Å². The van der Waals surface area contributed by atoms with Gasteiger partial charge in [0.25, 0.3) is 0 Å². The molecule has 1 aromatic rings. The number of ether oxygens (including phenoxy) is 2. The smallest absolute Gasteiger partial charge is 0.165 e. The maximum atomic E-state index is 6.26. The normalized spacial score (nSPS) is 20.8. The van der Waals surface area contributed by atoms with E-state index in [1.807, 2.05) is 12.1 Å². The molecule has 0 aromatic heterocycles. The van der Waals surface area contributed by atoms with Gasteiger partial charge in [0.15, 0.2) is 11.5 Å². The third-order valence-electron chi connectivity index (χ3n) is 3.38. The Kier molecular flexibility index (Phi) is 2.68. The number of hydrogen-bond acceptors (Lipinski definition) is 3. The largest absolute Gasteiger partial charge is 0.490 e. The van der Waals surface area contributed by atoms with E-state index in [0.717, 1.165) is 47.8 Å². The lowest BCUT2D eigenvalue weighted by Crippen LogP contribution is -2.25. The molecule has 0 saturated heterocycles. The first-order valence-electron chi connectivity index (χ1n) is 6.04. The number of benzene rings is 1. The summed E-state index contributed by atoms with van der Waals surface area (Å²) in [7, 11) is 0. The van der Waals surface area contributed by atoms with Crippen molar-refractivity contribution in [3.05, 3.63) is 22.7 Å². The maximum absolute atomic E-state index is 6.26. The highest BCUT2D eigenvalue weighted by atomic mass is 35.5. The first-order valence-corrected chi connectivity index (χ1v) is 6.42. The molecule has 1 aromatic carbocycles. The van der Waals surface area contributed by atoms with Crippen molar-refractivity contribution in [2.45, 2.75) is 31.2 Å². The van der Waals surface area contributed by atoms with Crippen LogP contribution in [0.2, 0.25) is 5.02 Å². The molecule has 2 N–H and O–H groups in total. The summed E-state index contributed by atoms with van der Waals surface area (Å²) in [5, 5.41) is 0.728. The zero-order valence-corrected chi connectivity index (χ0v) is 10.4. The number of hydrogen-bond donors (Lipinski definition) is 1. The van der Waals surface area contributed by atoms with Crippen LogP contribution < -0.4 is 15.2 Å². The van der Waals surface area contributed by atoms with E-state index in [1.54, 1.807) is 0 Å². The van der Waals surface area contributed by atoms with Crippen LogP contribution in [0.1, 0.15) is 24.8 Å². The van der Waals surface area contributed by atoms with Crippen LogP contribution in [0, 0.1) is 0 Å². The van der Waals surface area contributed by atoms with E-state index in [9.17, 15) is 0 Å². The van der Waals surface area contributed by atoms with Gasteiger partial charge in [-0.3, -0.25) is 0 Å². The summed E-state index contributed by atoms with van der Waals surface area (Å²) in [6.07, 6.45) is 3.81. The Balaban J connectivity index is 1.99. The molecule has 0 bridgehead atoms. The molecule has 2 aliphatic rings. The lowest BCUT2D eigenvalue weighted by Gasteiger charge is -2.16. The topological polar surface area (TPSA) is 44.5 Å². The highest BCUT2D eigenvalue weighted by Crippen LogP contribution is 2.44. The Morgan fingerprint density at radius 3 is 2.76 bits per heavy atom. The average Bonchev–Trinajstić information content (AvgIpc) is 3.06. The van der Waals surface area contributed by atoms with Crippen LogP contribution in [0.25, 0.3) is 0 Å². The van der Waals surface area contributed by atoms with Gasteiger partial charge in [-0.1, -0.05) is 11.6 Å². The molecule has 0 radical (unpaired) electrons. The zero-order valence-electron chi connectivity index (χ0n) is 9.67. The molecule has 4 heteroatoms. The van der Waals surface area contributed by atoms with Gasteiger partial charge in [0.05, 0.1) is 13.2 Å². The van der Waals surface area contributed by atoms with E-state index < -0.39 is 0 Å². The average molecular weight is 254 g/mol. The lowest BCUT2D eigenvalue weighted by molar-refractivity contribution is 0.296. The fraction of sp³-hybridized carbons (Fsp3) is 0.538. The van der Waals surface area contributed by atoms with Crippen molar-refractivity contribution in [1.82, 2.24) is 0 Å². The van der Waals surface area contributed by atoms with Crippen LogP contribution in [0.4, 0.5) is 0 Å². The van der Waals surface area contributed by atoms with Crippen molar-refractivity contribution >= 4 is 11.6 Å². The van der Waals surface area contributed by atoms with Crippen LogP contribution >= 0.6 is 11.6 Å². The summed E-state index contributed by atoms with van der Waals surface area (Å²) in [5.74, 6) is 1.60. The fourth-order valence-electron chi connectivity index (χ4n) is 2.12. The van der Waals surface area contributed by atoms with Crippen molar-refractivity contribution < 1.29 is 9.47 Å². The van der Waals surface area contributed by atoms with E-state index in [0.29, 0.717) is 13.2 Å². The third-order valence-corrected chi connectivity index (χ3v) is 3.74. The van der Waals surface area contributed by atoms with E-state index in [4.69, 9.17) is 26.8 Å². The molecule has 0 spiro atoms. The summed E-state index contributed by atoms with van der Waals surface area (Å²) < 4.78 is 11.4. The molecule has 1 aliphatic carbocycles. The summed E-state index contributed by atoms with van der Waals surface area (Å²) in [6.45, 7) is 1.37. The van der Waals surface area contributed by atoms with Crippen molar-refractivity contribution in [2.24, 2.45) is 5.73 Å². The van der Waals surface area contributed by atoms with E-state index in [-0.39, 0.29) is 5.54 Å². The Morgan fingerprint density at radius 2 is 2.00 bits per heavy atom. The maximum Gasteiger partial charge on any atom is 0.165 e. The SMILES string of the molecule is NC1(Cc2c(Cl)ccc3c2OCCCO3)CC1. The molecule has 1 aliphatic heterocycles. The van der Waals surface area contributed by atoms with E-state index in [2.05, 4.69) is 0 Å². The molecule has 92 valence electrons. The number of fused-ring (bicyclic) bond motifs is 1. The van der Waals surface area contributed by atoms with Crippen LogP contribution in [-0.2, 0) is 6.42 Å². The molecular formula is C13H16ClNO2. The summed E-state index contributed by atoms with van der Waals surface area (Å²) >= 11 is 6.26. The Bertz CT molecular complexity index is 443. The van der Waals surface area contributed by atoms with Gasteiger partial charge in [-0.25, -0.2) is 0 Å². The molecule has 0 amide bonds. The predicted octanol–water partition coefficient (Wildman–Crippen LogP) is 2.54. The van der Waals surface area contributed by atoms with Gasteiger partial charge in [0.2, 0.25) is 0 Å². The minimum absolute atomic E-state index is 0.0750. The predicted molar refractivity (Wildman–Crippen MR) is 66.9 cm³/mol. The molecule has 0 atom stereocenters. The minimum Gasteiger partial charge on any atom is -0.490 e. The Labute approximate surface area is 106 Å². The van der Waals surface area contributed by atoms with Gasteiger partial charge in [0, 0.05) is 22.5 Å². The number of rotatable bonds is 2. The second-order valence-corrected chi connectivity index (χ2v) is 5.35. The van der Waals surface area contributed by atoms with Gasteiger partial charge < -0.3 is 15.2 Å². The van der Waals surface area contributed by atoms with Gasteiger partial charge in [-0.05, 0) is 31.4 Å². The van der Waals surface area contributed by atoms with Crippen LogP contribution in [0.5, 0.6) is 11.5 Å². The molecular weight excluding hydrogens is 238 g/mol. The van der Waals surface area contributed by atoms with Crippen molar-refractivity contribution in [3.8, 4) is 11.5 Å². The van der Waals surface area contributed by atoms with Crippen molar-refractivity contribution in [1.29, 1.82) is 0 Å². The first-order chi connectivity index (χ1) is 8.18. The zero-order chi connectivity index (χ0) is 11.9. The summed E-state index contributed by atoms with van der Waals surface area (Å²) in [6, 6.07) is 3.75. The lowest BCUT2D eigenvalue weighted by atomic mass is 10.0. The second kappa shape index (κ2) is 4.07. The monoisotopic (exact) mass is 253 g/mol. The van der Waals surface area contributed by atoms with Crippen molar-refractivity contribution in [2.75, 3.05) is 13.2 Å². The van der Waals surface area contributed by atoms with Crippen LogP contribution in [-0.4, -0.2) is 18.8 Å². The van der Waals surface area contributed by atoms with Gasteiger partial charge >= 0.3 is 0 Å². The molecule has 0 unspecified atom stereocenters. The summed E-state index contributed by atoms with van der Waals surface area (Å²) in [4.78, 5) is 0. The van der Waals surface area contributed by atoms with E-state index in [1.165, 1.54) is 0 Å². The first kappa shape index (κ1) is 11.2. The van der Waals surface area contributed by atoms with Gasteiger partial charge in [-0.15, -0.1) is 0 Å². The van der Waals surface area contributed by atoms with Gasteiger partial charge in [0.1, 0.15) is 0 Å². The standard InChI is InChI=1S/C13H16ClNO2/c14-10-2-3-11-12(17-7-1-6-16-11)9(10)8-13(15)4-5-13/h2-3H,1,4-8,15H2. The molecule has 1 fully saturated rings. The Hall–Kier alpha value is -0.930. The Morgan fingerprint density at radius 1 is 1.24 bits per heavy atom. The molecule has 3 nitrogen and oxygen atoms in total. The highest BCUT2D eigenvalue weighted by molar-refractivity contribution is 6.31. The quantitative estimate of drug-likeness (QED) is 0.881. The fourth-order valence-corrected chi connectivity index (χ4v) is 2.34. The highest BCUT2D eigenvalue weighted by Gasteiger charge is 2.39. The molecule has 17 heavy (non-hydrogen) atoms.